The molecule has 0 aliphatic carbocycles. The van der Waals surface area contributed by atoms with Crippen molar-refractivity contribution in [2.24, 2.45) is 0 Å². The van der Waals surface area contributed by atoms with E-state index in [2.05, 4.69) is 20.8 Å². The maximum Gasteiger partial charge on any atom is 0.274 e. The number of carbonyl (C=O) groups excluding carboxylic acids is 2. The Hall–Kier alpha value is -2.67. The number of aromatic amines is 1. The molecule has 0 atom stereocenters. The lowest BCUT2D eigenvalue weighted by molar-refractivity contribution is -0.116. The van der Waals surface area contributed by atoms with E-state index in [1.807, 2.05) is 31.2 Å². The van der Waals surface area contributed by atoms with Crippen LogP contribution in [0.25, 0.3) is 0 Å². The summed E-state index contributed by atoms with van der Waals surface area (Å²) in [6, 6.07) is 7.52. The monoisotopic (exact) mass is 327 g/mol. The fourth-order valence-electron chi connectivity index (χ4n) is 2.71. The Balaban J connectivity index is 1.62. The lowest BCUT2D eigenvalue weighted by Crippen LogP contribution is -2.36. The Kier molecular flexibility index (Phi) is 4.61. The van der Waals surface area contributed by atoms with Gasteiger partial charge in [0.25, 0.3) is 5.91 Å². The SMILES string of the molecule is Cc1ccc(NC(=O)CN(C)C(=O)c2n[nH]c3c2CNCC3)cc1. The minimum atomic E-state index is -0.254. The van der Waals surface area contributed by atoms with E-state index in [0.717, 1.165) is 29.8 Å². The number of nitrogens with one attached hydrogen (secondary N) is 3. The molecule has 1 aliphatic heterocycles. The van der Waals surface area contributed by atoms with Crippen molar-refractivity contribution in [1.29, 1.82) is 0 Å². The summed E-state index contributed by atoms with van der Waals surface area (Å²) < 4.78 is 0. The quantitative estimate of drug-likeness (QED) is 0.784. The molecule has 7 nitrogen and oxygen atoms in total. The van der Waals surface area contributed by atoms with Gasteiger partial charge in [0.2, 0.25) is 5.91 Å². The highest BCUT2D eigenvalue weighted by atomic mass is 16.2. The van der Waals surface area contributed by atoms with Crippen molar-refractivity contribution in [3.8, 4) is 0 Å². The van der Waals surface area contributed by atoms with E-state index in [0.29, 0.717) is 17.9 Å². The topological polar surface area (TPSA) is 90.1 Å². The third-order valence-corrected chi connectivity index (χ3v) is 4.07. The van der Waals surface area contributed by atoms with E-state index in [1.165, 1.54) is 4.90 Å². The number of aromatic nitrogens is 2. The first-order valence-corrected chi connectivity index (χ1v) is 7.93. The third-order valence-electron chi connectivity index (χ3n) is 4.07. The van der Waals surface area contributed by atoms with Crippen molar-refractivity contribution in [3.05, 3.63) is 46.8 Å². The van der Waals surface area contributed by atoms with Crippen LogP contribution in [-0.2, 0) is 17.8 Å². The van der Waals surface area contributed by atoms with Gasteiger partial charge in [0.1, 0.15) is 0 Å². The van der Waals surface area contributed by atoms with Gasteiger partial charge < -0.3 is 15.5 Å². The molecule has 126 valence electrons. The van der Waals surface area contributed by atoms with E-state index in [-0.39, 0.29) is 18.4 Å². The molecule has 0 fully saturated rings. The van der Waals surface area contributed by atoms with Crippen LogP contribution < -0.4 is 10.6 Å². The number of hydrogen-bond acceptors (Lipinski definition) is 4. The molecule has 1 aromatic carbocycles. The molecule has 0 radical (unpaired) electrons. The van der Waals surface area contributed by atoms with Gasteiger partial charge in [-0.05, 0) is 19.1 Å². The van der Waals surface area contributed by atoms with Gasteiger partial charge in [0.15, 0.2) is 5.69 Å². The van der Waals surface area contributed by atoms with E-state index >= 15 is 0 Å². The number of nitrogens with zero attached hydrogens (tertiary/aromatic N) is 2. The van der Waals surface area contributed by atoms with E-state index < -0.39 is 0 Å². The highest BCUT2D eigenvalue weighted by molar-refractivity contribution is 5.99. The van der Waals surface area contributed by atoms with E-state index in [4.69, 9.17) is 0 Å². The lowest BCUT2D eigenvalue weighted by Gasteiger charge is -2.18. The smallest absolute Gasteiger partial charge is 0.274 e. The molecule has 0 saturated carbocycles. The van der Waals surface area contributed by atoms with Crippen LogP contribution in [0.5, 0.6) is 0 Å². The van der Waals surface area contributed by atoms with Gasteiger partial charge in [-0.25, -0.2) is 0 Å². The first-order valence-electron chi connectivity index (χ1n) is 7.93. The average molecular weight is 327 g/mol. The summed E-state index contributed by atoms with van der Waals surface area (Å²) in [7, 11) is 1.61. The Labute approximate surface area is 140 Å². The van der Waals surface area contributed by atoms with Gasteiger partial charge in [-0.3, -0.25) is 14.7 Å². The highest BCUT2D eigenvalue weighted by Gasteiger charge is 2.24. The maximum absolute atomic E-state index is 12.5. The molecule has 1 aromatic heterocycles. The van der Waals surface area contributed by atoms with Crippen LogP contribution in [0.3, 0.4) is 0 Å². The summed E-state index contributed by atoms with van der Waals surface area (Å²) in [4.78, 5) is 26.1. The summed E-state index contributed by atoms with van der Waals surface area (Å²) >= 11 is 0. The fourth-order valence-corrected chi connectivity index (χ4v) is 2.71. The van der Waals surface area contributed by atoms with Crippen molar-refractivity contribution >= 4 is 17.5 Å². The van der Waals surface area contributed by atoms with E-state index in [9.17, 15) is 9.59 Å². The van der Waals surface area contributed by atoms with Crippen LogP contribution in [0, 0.1) is 6.92 Å². The number of aryl methyl sites for hydroxylation is 1. The highest BCUT2D eigenvalue weighted by Crippen LogP contribution is 2.16. The Morgan fingerprint density at radius 2 is 2.04 bits per heavy atom. The van der Waals surface area contributed by atoms with Gasteiger partial charge in [-0.2, -0.15) is 5.10 Å². The number of fused-ring (bicyclic) bond motifs is 1. The predicted molar refractivity (Wildman–Crippen MR) is 90.8 cm³/mol. The summed E-state index contributed by atoms with van der Waals surface area (Å²) in [5.74, 6) is -0.493. The van der Waals surface area contributed by atoms with Crippen molar-refractivity contribution in [2.45, 2.75) is 19.9 Å². The van der Waals surface area contributed by atoms with Crippen molar-refractivity contribution < 1.29 is 9.59 Å². The first-order chi connectivity index (χ1) is 11.5. The zero-order valence-electron chi connectivity index (χ0n) is 13.8. The summed E-state index contributed by atoms with van der Waals surface area (Å²) in [5, 5.41) is 13.1. The zero-order valence-corrected chi connectivity index (χ0v) is 13.8. The number of likely N-dealkylation sites (N-methyl/N-ethyl adjacent to an activating group) is 1. The van der Waals surface area contributed by atoms with Crippen LogP contribution in [0.1, 0.15) is 27.3 Å². The van der Waals surface area contributed by atoms with Crippen molar-refractivity contribution in [2.75, 3.05) is 25.5 Å². The second-order valence-electron chi connectivity index (χ2n) is 6.03. The molecule has 0 unspecified atom stereocenters. The van der Waals surface area contributed by atoms with Crippen molar-refractivity contribution in [3.63, 3.8) is 0 Å². The van der Waals surface area contributed by atoms with Crippen LogP contribution in [0.2, 0.25) is 0 Å². The molecular weight excluding hydrogens is 306 g/mol. The molecule has 3 N–H and O–H groups in total. The van der Waals surface area contributed by atoms with Crippen LogP contribution >= 0.6 is 0 Å². The molecule has 2 heterocycles. The number of H-pyrrole nitrogens is 1. The molecule has 2 aromatic rings. The standard InChI is InChI=1S/C17H21N5O2/c1-11-3-5-12(6-4-11)19-15(23)10-22(2)17(24)16-13-9-18-8-7-14(13)20-21-16/h3-6,18H,7-10H2,1-2H3,(H,19,23)(H,20,21). The molecule has 3 rings (SSSR count). The number of anilines is 1. The minimum Gasteiger partial charge on any atom is -0.331 e. The van der Waals surface area contributed by atoms with Gasteiger partial charge in [-0.1, -0.05) is 17.7 Å². The molecule has 0 saturated heterocycles. The third kappa shape index (κ3) is 3.46. The molecular formula is C17H21N5O2. The van der Waals surface area contributed by atoms with Gasteiger partial charge in [0, 0.05) is 43.5 Å². The normalized spacial score (nSPS) is 13.2. The predicted octanol–water partition coefficient (Wildman–Crippen LogP) is 1.07. The van der Waals surface area contributed by atoms with Crippen molar-refractivity contribution in [1.82, 2.24) is 20.4 Å². The molecule has 1 aliphatic rings. The fraction of sp³-hybridized carbons (Fsp3) is 0.353. The van der Waals surface area contributed by atoms with Gasteiger partial charge in [-0.15, -0.1) is 0 Å². The first kappa shape index (κ1) is 16.2. The summed E-state index contributed by atoms with van der Waals surface area (Å²) in [5.41, 5.74) is 4.12. The summed E-state index contributed by atoms with van der Waals surface area (Å²) in [6.45, 7) is 3.45. The number of amides is 2. The van der Waals surface area contributed by atoms with E-state index in [1.54, 1.807) is 7.05 Å². The Bertz CT molecular complexity index is 751. The maximum atomic E-state index is 12.5. The molecule has 0 spiro atoms. The molecule has 2 amide bonds. The number of hydrogen-bond donors (Lipinski definition) is 3. The Morgan fingerprint density at radius 3 is 2.79 bits per heavy atom. The molecule has 0 bridgehead atoms. The number of carbonyl (C=O) groups is 2. The lowest BCUT2D eigenvalue weighted by atomic mass is 10.1. The Morgan fingerprint density at radius 1 is 1.29 bits per heavy atom. The second-order valence-corrected chi connectivity index (χ2v) is 6.03. The van der Waals surface area contributed by atoms with Crippen LogP contribution in [-0.4, -0.2) is 47.0 Å². The number of rotatable bonds is 4. The summed E-state index contributed by atoms with van der Waals surface area (Å²) in [6.07, 6.45) is 0.827. The largest absolute Gasteiger partial charge is 0.331 e. The average Bonchev–Trinajstić information content (AvgIpc) is 3.00. The molecule has 7 heteroatoms. The van der Waals surface area contributed by atoms with Gasteiger partial charge >= 0.3 is 0 Å². The zero-order chi connectivity index (χ0) is 17.1. The van der Waals surface area contributed by atoms with Crippen LogP contribution in [0.15, 0.2) is 24.3 Å². The van der Waals surface area contributed by atoms with Gasteiger partial charge in [0.05, 0.1) is 6.54 Å². The number of benzene rings is 1. The van der Waals surface area contributed by atoms with Crippen LogP contribution in [0.4, 0.5) is 5.69 Å². The minimum absolute atomic E-state index is 0.0260. The second kappa shape index (κ2) is 6.84. The molecule has 24 heavy (non-hydrogen) atoms.